The number of nitrogens with two attached hydrogens (primary N) is 1. The lowest BCUT2D eigenvalue weighted by Crippen LogP contribution is -2.46. The molecular formula is C26H28N2O4. The maximum Gasteiger partial charge on any atom is 0.336 e. The predicted molar refractivity (Wildman–Crippen MR) is 124 cm³/mol. The molecule has 0 saturated carbocycles. The van der Waals surface area contributed by atoms with Crippen LogP contribution < -0.4 is 11.4 Å². The fourth-order valence-electron chi connectivity index (χ4n) is 4.59. The Hall–Kier alpha value is -3.41. The molecule has 6 heteroatoms. The molecule has 4 rings (SSSR count). The molecule has 2 N–H and O–H groups in total. The van der Waals surface area contributed by atoms with Crippen LogP contribution in [0.4, 0.5) is 0 Å². The average molecular weight is 433 g/mol. The fourth-order valence-corrected chi connectivity index (χ4v) is 4.59. The van der Waals surface area contributed by atoms with Gasteiger partial charge in [0.15, 0.2) is 0 Å². The lowest BCUT2D eigenvalue weighted by molar-refractivity contribution is -0.138. The Balaban J connectivity index is 1.58. The van der Waals surface area contributed by atoms with Crippen LogP contribution in [0, 0.1) is 18.8 Å². The molecule has 32 heavy (non-hydrogen) atoms. The van der Waals surface area contributed by atoms with Gasteiger partial charge in [-0.3, -0.25) is 9.59 Å². The quantitative estimate of drug-likeness (QED) is 0.623. The van der Waals surface area contributed by atoms with Gasteiger partial charge in [0.05, 0.1) is 5.92 Å². The summed E-state index contributed by atoms with van der Waals surface area (Å²) >= 11 is 0. The van der Waals surface area contributed by atoms with Crippen LogP contribution in [-0.2, 0) is 16.0 Å². The molecule has 1 aromatic heterocycles. The van der Waals surface area contributed by atoms with Gasteiger partial charge in [0.25, 0.3) is 0 Å². The first kappa shape index (κ1) is 21.8. The molecule has 3 aromatic rings. The normalized spacial score (nSPS) is 17.3. The van der Waals surface area contributed by atoms with Crippen molar-refractivity contribution in [2.45, 2.75) is 33.1 Å². The molecule has 1 saturated heterocycles. The number of aryl methyl sites for hydroxylation is 1. The molecule has 0 bridgehead atoms. The van der Waals surface area contributed by atoms with Crippen molar-refractivity contribution in [2.75, 3.05) is 13.1 Å². The van der Waals surface area contributed by atoms with Crippen LogP contribution in [0.2, 0.25) is 0 Å². The zero-order chi connectivity index (χ0) is 22.8. The van der Waals surface area contributed by atoms with Crippen molar-refractivity contribution in [2.24, 2.45) is 17.6 Å². The summed E-state index contributed by atoms with van der Waals surface area (Å²) in [5.74, 6) is -0.851. The zero-order valence-corrected chi connectivity index (χ0v) is 18.5. The van der Waals surface area contributed by atoms with Gasteiger partial charge in [-0.2, -0.15) is 0 Å². The molecule has 2 amide bonds. The molecule has 2 aromatic carbocycles. The summed E-state index contributed by atoms with van der Waals surface area (Å²) in [4.78, 5) is 38.5. The van der Waals surface area contributed by atoms with Gasteiger partial charge in [-0.25, -0.2) is 4.79 Å². The van der Waals surface area contributed by atoms with E-state index in [9.17, 15) is 14.4 Å². The number of fused-ring (bicyclic) bond motifs is 1. The smallest absolute Gasteiger partial charge is 0.336 e. The van der Waals surface area contributed by atoms with E-state index in [1.54, 1.807) is 4.90 Å². The number of hydrogen-bond acceptors (Lipinski definition) is 4. The Morgan fingerprint density at radius 2 is 1.94 bits per heavy atom. The lowest BCUT2D eigenvalue weighted by Gasteiger charge is -2.33. The van der Waals surface area contributed by atoms with Gasteiger partial charge in [-0.15, -0.1) is 0 Å². The zero-order valence-electron chi connectivity index (χ0n) is 18.5. The van der Waals surface area contributed by atoms with E-state index in [0.29, 0.717) is 25.1 Å². The fraction of sp³-hybridized carbons (Fsp3) is 0.346. The number of rotatable bonds is 5. The predicted octanol–water partition coefficient (Wildman–Crippen LogP) is 3.67. The Labute approximate surface area is 187 Å². The van der Waals surface area contributed by atoms with E-state index in [1.807, 2.05) is 56.3 Å². The van der Waals surface area contributed by atoms with Crippen molar-refractivity contribution in [3.63, 3.8) is 0 Å². The van der Waals surface area contributed by atoms with Gasteiger partial charge in [-0.1, -0.05) is 43.3 Å². The molecule has 2 heterocycles. The number of carbonyl (C=O) groups excluding carboxylic acids is 2. The highest BCUT2D eigenvalue weighted by Crippen LogP contribution is 2.30. The Morgan fingerprint density at radius 1 is 1.16 bits per heavy atom. The van der Waals surface area contributed by atoms with Crippen LogP contribution in [0.1, 0.15) is 30.9 Å². The van der Waals surface area contributed by atoms with E-state index in [-0.39, 0.29) is 23.7 Å². The highest BCUT2D eigenvalue weighted by Gasteiger charge is 2.29. The standard InChI is InChI=1S/C26H28N2O4/c1-16-6-3-4-8-20(16)22-14-24(29)32-23-13-18(9-10-21(22)23)12-17(2)26(31)28-11-5-7-19(15-28)25(27)30/h3-4,6,8-10,13-14,17,19H,5,7,11-12,15H2,1-2H3,(H2,27,30)/t17-,19-/m0/s1. The lowest BCUT2D eigenvalue weighted by atomic mass is 9.93. The summed E-state index contributed by atoms with van der Waals surface area (Å²) in [6.07, 6.45) is 2.04. The molecular weight excluding hydrogens is 404 g/mol. The number of benzene rings is 2. The first-order chi connectivity index (χ1) is 15.3. The van der Waals surface area contributed by atoms with Crippen molar-refractivity contribution < 1.29 is 14.0 Å². The Kier molecular flexibility index (Phi) is 6.12. The van der Waals surface area contributed by atoms with Crippen LogP contribution in [-0.4, -0.2) is 29.8 Å². The van der Waals surface area contributed by atoms with E-state index in [0.717, 1.165) is 40.5 Å². The maximum atomic E-state index is 13.0. The third kappa shape index (κ3) is 4.44. The Bertz CT molecular complexity index is 1230. The van der Waals surface area contributed by atoms with Crippen LogP contribution in [0.5, 0.6) is 0 Å². The third-order valence-corrected chi connectivity index (χ3v) is 6.34. The molecule has 166 valence electrons. The molecule has 1 fully saturated rings. The number of amides is 2. The van der Waals surface area contributed by atoms with Crippen molar-refractivity contribution >= 4 is 22.8 Å². The largest absolute Gasteiger partial charge is 0.423 e. The third-order valence-electron chi connectivity index (χ3n) is 6.34. The molecule has 2 atom stereocenters. The van der Waals surface area contributed by atoms with E-state index >= 15 is 0 Å². The van der Waals surface area contributed by atoms with Crippen molar-refractivity contribution in [1.29, 1.82) is 0 Å². The number of piperidine rings is 1. The van der Waals surface area contributed by atoms with Crippen LogP contribution >= 0.6 is 0 Å². The number of hydrogen-bond donors (Lipinski definition) is 1. The number of likely N-dealkylation sites (tertiary alicyclic amines) is 1. The molecule has 6 nitrogen and oxygen atoms in total. The van der Waals surface area contributed by atoms with E-state index in [4.69, 9.17) is 10.2 Å². The summed E-state index contributed by atoms with van der Waals surface area (Å²) in [5, 5.41) is 0.863. The van der Waals surface area contributed by atoms with E-state index in [1.165, 1.54) is 6.07 Å². The molecule has 0 spiro atoms. The topological polar surface area (TPSA) is 93.6 Å². The summed E-state index contributed by atoms with van der Waals surface area (Å²) in [5.41, 5.74) is 9.40. The first-order valence-electron chi connectivity index (χ1n) is 11.0. The number of carbonyl (C=O) groups is 2. The van der Waals surface area contributed by atoms with Crippen LogP contribution in [0.25, 0.3) is 22.1 Å². The monoisotopic (exact) mass is 432 g/mol. The van der Waals surface area contributed by atoms with Gasteiger partial charge in [0.1, 0.15) is 5.58 Å². The second kappa shape index (κ2) is 8.99. The number of primary amides is 1. The van der Waals surface area contributed by atoms with Gasteiger partial charge < -0.3 is 15.1 Å². The summed E-state index contributed by atoms with van der Waals surface area (Å²) in [6, 6.07) is 15.3. The average Bonchev–Trinajstić information content (AvgIpc) is 2.78. The van der Waals surface area contributed by atoms with Crippen molar-refractivity contribution in [1.82, 2.24) is 4.90 Å². The molecule has 1 aliphatic rings. The van der Waals surface area contributed by atoms with Gasteiger partial charge >= 0.3 is 5.63 Å². The molecule has 1 aliphatic heterocycles. The highest BCUT2D eigenvalue weighted by atomic mass is 16.4. The molecule has 0 radical (unpaired) electrons. The van der Waals surface area contributed by atoms with Gasteiger partial charge in [0, 0.05) is 36.0 Å². The highest BCUT2D eigenvalue weighted by molar-refractivity contribution is 5.94. The van der Waals surface area contributed by atoms with Crippen molar-refractivity contribution in [3.8, 4) is 11.1 Å². The minimum absolute atomic E-state index is 0.0196. The summed E-state index contributed by atoms with van der Waals surface area (Å²) in [6.45, 7) is 4.95. The minimum atomic E-state index is -0.400. The Morgan fingerprint density at radius 3 is 2.69 bits per heavy atom. The summed E-state index contributed by atoms with van der Waals surface area (Å²) < 4.78 is 5.50. The van der Waals surface area contributed by atoms with Crippen molar-refractivity contribution in [3.05, 3.63) is 70.1 Å². The molecule has 0 aliphatic carbocycles. The second-order valence-corrected chi connectivity index (χ2v) is 8.76. The van der Waals surface area contributed by atoms with E-state index in [2.05, 4.69) is 0 Å². The number of nitrogens with zero attached hydrogens (tertiary/aromatic N) is 1. The van der Waals surface area contributed by atoms with Gasteiger partial charge in [0.2, 0.25) is 11.8 Å². The summed E-state index contributed by atoms with van der Waals surface area (Å²) in [7, 11) is 0. The maximum absolute atomic E-state index is 13.0. The van der Waals surface area contributed by atoms with Crippen LogP contribution in [0.3, 0.4) is 0 Å². The first-order valence-corrected chi connectivity index (χ1v) is 11.0. The van der Waals surface area contributed by atoms with Gasteiger partial charge in [-0.05, 0) is 48.9 Å². The minimum Gasteiger partial charge on any atom is -0.423 e. The SMILES string of the molecule is Cc1ccccc1-c1cc(=O)oc2cc(C[C@H](C)C(=O)N3CCC[C@H](C(N)=O)C3)ccc12. The van der Waals surface area contributed by atoms with Crippen LogP contribution in [0.15, 0.2) is 57.7 Å². The second-order valence-electron chi connectivity index (χ2n) is 8.76. The van der Waals surface area contributed by atoms with E-state index < -0.39 is 5.63 Å². The molecule has 0 unspecified atom stereocenters.